The van der Waals surface area contributed by atoms with Crippen LogP contribution in [0.15, 0.2) is 45.0 Å². The molecule has 2 N–H and O–H groups in total. The Morgan fingerprint density at radius 2 is 1.97 bits per heavy atom. The van der Waals surface area contributed by atoms with Crippen LogP contribution in [0.4, 0.5) is 11.0 Å². The summed E-state index contributed by atoms with van der Waals surface area (Å²) in [6.45, 7) is 2.83. The first-order valence-corrected chi connectivity index (χ1v) is 10.9. The van der Waals surface area contributed by atoms with Gasteiger partial charge in [0.25, 0.3) is 10.0 Å². The molecular weight excluding hydrogens is 428 g/mol. The van der Waals surface area contributed by atoms with E-state index in [4.69, 9.17) is 4.42 Å². The fourth-order valence-corrected chi connectivity index (χ4v) is 4.69. The molecule has 0 aliphatic heterocycles. The number of sulfonamides is 1. The number of ketones is 1. The third-order valence-electron chi connectivity index (χ3n) is 3.97. The first-order chi connectivity index (χ1) is 14.2. The molecule has 154 valence electrons. The lowest BCUT2D eigenvalue weighted by Gasteiger charge is -2.04. The maximum absolute atomic E-state index is 12.3. The SMILES string of the molecule is CC(=O)c1c(C)oc(NC(=O)Cc2csc(NS(=O)(=O)c3ccccc3)n2)c1C#N. The Labute approximate surface area is 176 Å². The molecule has 0 fully saturated rings. The van der Waals surface area contributed by atoms with Gasteiger partial charge in [0.1, 0.15) is 17.4 Å². The molecule has 3 rings (SSSR count). The van der Waals surface area contributed by atoms with E-state index in [0.29, 0.717) is 5.69 Å². The summed E-state index contributed by atoms with van der Waals surface area (Å²) in [5.74, 6) is -0.743. The van der Waals surface area contributed by atoms with Crippen LogP contribution in [-0.4, -0.2) is 25.1 Å². The number of rotatable bonds is 7. The lowest BCUT2D eigenvalue weighted by atomic mass is 10.1. The van der Waals surface area contributed by atoms with Crippen molar-refractivity contribution < 1.29 is 22.4 Å². The quantitative estimate of drug-likeness (QED) is 0.533. The van der Waals surface area contributed by atoms with E-state index in [1.165, 1.54) is 26.0 Å². The van der Waals surface area contributed by atoms with Gasteiger partial charge in [-0.15, -0.1) is 11.3 Å². The largest absolute Gasteiger partial charge is 0.443 e. The van der Waals surface area contributed by atoms with Crippen molar-refractivity contribution in [3.8, 4) is 6.07 Å². The molecule has 0 atom stereocenters. The Hall–Kier alpha value is -3.49. The number of anilines is 2. The average Bonchev–Trinajstić information content (AvgIpc) is 3.24. The second-order valence-electron chi connectivity index (χ2n) is 6.19. The molecule has 2 aromatic heterocycles. The lowest BCUT2D eigenvalue weighted by molar-refractivity contribution is -0.115. The molecule has 0 aliphatic carbocycles. The Morgan fingerprint density at radius 3 is 2.60 bits per heavy atom. The Morgan fingerprint density at radius 1 is 1.27 bits per heavy atom. The van der Waals surface area contributed by atoms with E-state index in [9.17, 15) is 23.3 Å². The van der Waals surface area contributed by atoms with Crippen LogP contribution in [0, 0.1) is 18.3 Å². The van der Waals surface area contributed by atoms with Crippen molar-refractivity contribution in [1.82, 2.24) is 4.98 Å². The number of furan rings is 1. The van der Waals surface area contributed by atoms with Gasteiger partial charge >= 0.3 is 0 Å². The molecule has 0 saturated carbocycles. The molecule has 3 aromatic rings. The van der Waals surface area contributed by atoms with Crippen molar-refractivity contribution in [1.29, 1.82) is 5.26 Å². The van der Waals surface area contributed by atoms with Gasteiger partial charge in [-0.25, -0.2) is 13.4 Å². The molecule has 0 radical (unpaired) electrons. The summed E-state index contributed by atoms with van der Waals surface area (Å²) >= 11 is 1.04. The summed E-state index contributed by atoms with van der Waals surface area (Å²) in [6.07, 6.45) is -0.177. The van der Waals surface area contributed by atoms with E-state index in [0.717, 1.165) is 11.3 Å². The Kier molecular flexibility index (Phi) is 6.00. The molecule has 2 heterocycles. The molecule has 11 heteroatoms. The molecule has 0 aliphatic rings. The molecule has 30 heavy (non-hydrogen) atoms. The van der Waals surface area contributed by atoms with Gasteiger partial charge in [0.2, 0.25) is 11.8 Å². The normalized spacial score (nSPS) is 11.0. The molecule has 0 saturated heterocycles. The van der Waals surface area contributed by atoms with Crippen LogP contribution in [0.1, 0.15) is 34.3 Å². The van der Waals surface area contributed by atoms with Gasteiger partial charge < -0.3 is 4.42 Å². The van der Waals surface area contributed by atoms with E-state index >= 15 is 0 Å². The zero-order valence-corrected chi connectivity index (χ0v) is 17.6. The number of nitrogens with one attached hydrogen (secondary N) is 2. The number of carbonyl (C=O) groups is 2. The highest BCUT2D eigenvalue weighted by Gasteiger charge is 2.23. The smallest absolute Gasteiger partial charge is 0.263 e. The van der Waals surface area contributed by atoms with Gasteiger partial charge in [-0.05, 0) is 26.0 Å². The summed E-state index contributed by atoms with van der Waals surface area (Å²) in [5, 5.41) is 13.4. The van der Waals surface area contributed by atoms with Crippen LogP contribution in [0.5, 0.6) is 0 Å². The van der Waals surface area contributed by atoms with Crippen molar-refractivity contribution in [2.75, 3.05) is 10.0 Å². The van der Waals surface area contributed by atoms with Gasteiger partial charge in [0.05, 0.1) is 22.6 Å². The van der Waals surface area contributed by atoms with Crippen molar-refractivity contribution in [2.24, 2.45) is 0 Å². The zero-order valence-electron chi connectivity index (χ0n) is 15.9. The zero-order chi connectivity index (χ0) is 21.9. The van der Waals surface area contributed by atoms with E-state index in [2.05, 4.69) is 15.0 Å². The number of benzene rings is 1. The van der Waals surface area contributed by atoms with Crippen LogP contribution < -0.4 is 10.0 Å². The maximum atomic E-state index is 12.3. The van der Waals surface area contributed by atoms with Gasteiger partial charge in [0, 0.05) is 5.38 Å². The van der Waals surface area contributed by atoms with Crippen LogP contribution in [0.25, 0.3) is 0 Å². The Bertz CT molecular complexity index is 1250. The second-order valence-corrected chi connectivity index (χ2v) is 8.73. The molecule has 9 nitrogen and oxygen atoms in total. The molecule has 1 amide bonds. The van der Waals surface area contributed by atoms with E-state index < -0.39 is 15.9 Å². The summed E-state index contributed by atoms with van der Waals surface area (Å²) in [7, 11) is -3.78. The van der Waals surface area contributed by atoms with Crippen molar-refractivity contribution >= 4 is 44.1 Å². The fourth-order valence-electron chi connectivity index (χ4n) is 2.71. The predicted molar refractivity (Wildman–Crippen MR) is 110 cm³/mol. The Balaban J connectivity index is 1.70. The molecule has 0 bridgehead atoms. The minimum atomic E-state index is -3.78. The second kappa shape index (κ2) is 8.48. The van der Waals surface area contributed by atoms with Gasteiger partial charge in [-0.1, -0.05) is 18.2 Å². The van der Waals surface area contributed by atoms with Gasteiger partial charge in [0.15, 0.2) is 10.9 Å². The van der Waals surface area contributed by atoms with E-state index in [1.54, 1.807) is 23.6 Å². The minimum absolute atomic E-state index is 0.0389. The molecule has 1 aromatic carbocycles. The average molecular weight is 444 g/mol. The predicted octanol–water partition coefficient (Wildman–Crippen LogP) is 3.10. The highest BCUT2D eigenvalue weighted by molar-refractivity contribution is 7.93. The number of carbonyl (C=O) groups excluding carboxylic acids is 2. The molecule has 0 unspecified atom stereocenters. The highest BCUT2D eigenvalue weighted by atomic mass is 32.2. The number of Topliss-reactive ketones (excluding diaryl/α,β-unsaturated/α-hetero) is 1. The van der Waals surface area contributed by atoms with E-state index in [-0.39, 0.29) is 45.0 Å². The van der Waals surface area contributed by atoms with Crippen LogP contribution >= 0.6 is 11.3 Å². The molecule has 0 spiro atoms. The summed E-state index contributed by atoms with van der Waals surface area (Å²) in [4.78, 5) is 28.2. The topological polar surface area (TPSA) is 142 Å². The summed E-state index contributed by atoms with van der Waals surface area (Å²) in [6, 6.07) is 9.69. The van der Waals surface area contributed by atoms with Crippen LogP contribution in [-0.2, 0) is 21.2 Å². The number of amides is 1. The lowest BCUT2D eigenvalue weighted by Crippen LogP contribution is -2.15. The minimum Gasteiger partial charge on any atom is -0.443 e. The monoisotopic (exact) mass is 444 g/mol. The highest BCUT2D eigenvalue weighted by Crippen LogP contribution is 2.27. The van der Waals surface area contributed by atoms with Gasteiger partial charge in [-0.2, -0.15) is 5.26 Å². The number of aryl methyl sites for hydroxylation is 1. The first-order valence-electron chi connectivity index (χ1n) is 8.58. The third kappa shape index (κ3) is 4.56. The number of thiazole rings is 1. The number of nitrogens with zero attached hydrogens (tertiary/aromatic N) is 2. The van der Waals surface area contributed by atoms with Crippen molar-refractivity contribution in [3.63, 3.8) is 0 Å². The van der Waals surface area contributed by atoms with Crippen molar-refractivity contribution in [3.05, 3.63) is 58.3 Å². The maximum Gasteiger partial charge on any atom is 0.263 e. The number of aromatic nitrogens is 1. The van der Waals surface area contributed by atoms with Gasteiger partial charge in [-0.3, -0.25) is 19.6 Å². The fraction of sp³-hybridized carbons (Fsp3) is 0.158. The molecular formula is C19H16N4O5S2. The van der Waals surface area contributed by atoms with Crippen LogP contribution in [0.2, 0.25) is 0 Å². The number of hydrogen-bond donors (Lipinski definition) is 2. The first kappa shape index (κ1) is 21.2. The summed E-state index contributed by atoms with van der Waals surface area (Å²) < 4.78 is 32.4. The van der Waals surface area contributed by atoms with Crippen molar-refractivity contribution in [2.45, 2.75) is 25.2 Å². The standard InChI is InChI=1S/C19H16N4O5S2/c1-11(24)17-12(2)28-18(15(17)9-20)22-16(25)8-13-10-29-19(21-13)23-30(26,27)14-6-4-3-5-7-14/h3-7,10H,8H2,1-2H3,(H,21,23)(H,22,25). The number of nitriles is 1. The van der Waals surface area contributed by atoms with Crippen LogP contribution in [0.3, 0.4) is 0 Å². The number of hydrogen-bond acceptors (Lipinski definition) is 8. The van der Waals surface area contributed by atoms with E-state index in [1.807, 2.05) is 6.07 Å². The third-order valence-corrected chi connectivity index (χ3v) is 6.26. The summed E-state index contributed by atoms with van der Waals surface area (Å²) in [5.41, 5.74) is 0.416.